The molecule has 1 aliphatic carbocycles. The van der Waals surface area contributed by atoms with Crippen LogP contribution in [0, 0.1) is 12.8 Å². The molecular formula is C42H47N7O. The van der Waals surface area contributed by atoms with Gasteiger partial charge >= 0.3 is 6.03 Å². The lowest BCUT2D eigenvalue weighted by Gasteiger charge is -2.41. The van der Waals surface area contributed by atoms with Gasteiger partial charge in [-0.05, 0) is 62.3 Å². The van der Waals surface area contributed by atoms with Gasteiger partial charge in [-0.15, -0.1) is 0 Å². The first-order chi connectivity index (χ1) is 24.4. The first kappa shape index (κ1) is 33.3. The van der Waals surface area contributed by atoms with Crippen LogP contribution in [-0.4, -0.2) is 95.9 Å². The van der Waals surface area contributed by atoms with Gasteiger partial charge in [-0.1, -0.05) is 91.0 Å². The fourth-order valence-corrected chi connectivity index (χ4v) is 7.63. The maximum atomic E-state index is 13.1. The zero-order chi connectivity index (χ0) is 34.7. The summed E-state index contributed by atoms with van der Waals surface area (Å²) in [5, 5.41) is 6.44. The molecule has 3 heterocycles. The molecule has 7 rings (SSSR count). The van der Waals surface area contributed by atoms with Crippen molar-refractivity contribution in [2.45, 2.75) is 18.9 Å². The Kier molecular flexibility index (Phi) is 9.55. The maximum absolute atomic E-state index is 13.1. The van der Waals surface area contributed by atoms with Gasteiger partial charge in [0.15, 0.2) is 0 Å². The number of hydrogen-bond donors (Lipinski definition) is 0. The second kappa shape index (κ2) is 14.3. The first-order valence-electron chi connectivity index (χ1n) is 17.7. The second-order valence-corrected chi connectivity index (χ2v) is 13.8. The van der Waals surface area contributed by atoms with Crippen molar-refractivity contribution in [1.29, 1.82) is 0 Å². The number of nitrogens with zero attached hydrogens (tertiary/aromatic N) is 7. The molecule has 256 valence electrons. The van der Waals surface area contributed by atoms with E-state index in [0.29, 0.717) is 19.6 Å². The van der Waals surface area contributed by atoms with Crippen molar-refractivity contribution in [3.63, 3.8) is 0 Å². The zero-order valence-electron chi connectivity index (χ0n) is 29.6. The summed E-state index contributed by atoms with van der Waals surface area (Å²) in [5.41, 5.74) is 7.16. The molecule has 50 heavy (non-hydrogen) atoms. The maximum Gasteiger partial charge on any atom is 0.319 e. The number of aryl methyl sites for hydroxylation is 1. The number of allylic oxidation sites excluding steroid dienone is 4. The van der Waals surface area contributed by atoms with Gasteiger partial charge in [0.2, 0.25) is 0 Å². The largest absolute Gasteiger partial charge is 0.367 e. The highest BCUT2D eigenvalue weighted by atomic mass is 16.2. The van der Waals surface area contributed by atoms with Crippen molar-refractivity contribution in [1.82, 2.24) is 29.5 Å². The van der Waals surface area contributed by atoms with Crippen LogP contribution in [0.3, 0.4) is 0 Å². The Morgan fingerprint density at radius 1 is 0.860 bits per heavy atom. The predicted molar refractivity (Wildman–Crippen MR) is 204 cm³/mol. The number of fused-ring (bicyclic) bond motifs is 1. The van der Waals surface area contributed by atoms with Crippen molar-refractivity contribution in [3.8, 4) is 11.1 Å². The molecule has 1 saturated heterocycles. The lowest BCUT2D eigenvalue weighted by atomic mass is 9.70. The van der Waals surface area contributed by atoms with Gasteiger partial charge in [0.1, 0.15) is 5.54 Å². The lowest BCUT2D eigenvalue weighted by molar-refractivity contribution is 0.156. The molecule has 0 radical (unpaired) electrons. The van der Waals surface area contributed by atoms with E-state index in [9.17, 15) is 4.79 Å². The highest BCUT2D eigenvalue weighted by Gasteiger charge is 2.44. The molecule has 2 aliphatic rings. The number of hydrogen-bond acceptors (Lipinski definition) is 5. The van der Waals surface area contributed by atoms with E-state index in [0.717, 1.165) is 59.5 Å². The van der Waals surface area contributed by atoms with Crippen LogP contribution < -0.4 is 4.90 Å². The van der Waals surface area contributed by atoms with Crippen molar-refractivity contribution in [2.75, 3.05) is 65.3 Å². The molecule has 3 aromatic carbocycles. The standard InChI is InChI=1S/C42H47N7O/c1-32-38(31-49(44-32)42(34-14-8-5-9-15-34,35-16-10-6-11-17-35)36-18-12-7-13-19-36)33-20-21-39-37(30-33)40(22-23-43-39)47-26-28-48(29-27-47)41(50)46(4)25-24-45(2)3/h5-18,20-23,30-31,36H,19,24-29H2,1-4H3. The van der Waals surface area contributed by atoms with E-state index >= 15 is 0 Å². The van der Waals surface area contributed by atoms with E-state index in [-0.39, 0.29) is 11.9 Å². The van der Waals surface area contributed by atoms with E-state index < -0.39 is 5.54 Å². The van der Waals surface area contributed by atoms with Crippen LogP contribution in [0.5, 0.6) is 0 Å². The van der Waals surface area contributed by atoms with Crippen LogP contribution >= 0.6 is 0 Å². The third kappa shape index (κ3) is 6.31. The van der Waals surface area contributed by atoms with Crippen LogP contribution in [0.25, 0.3) is 22.0 Å². The lowest BCUT2D eigenvalue weighted by Crippen LogP contribution is -2.52. The van der Waals surface area contributed by atoms with Gasteiger partial charge < -0.3 is 19.6 Å². The molecule has 0 saturated carbocycles. The molecule has 8 nitrogen and oxygen atoms in total. The molecule has 5 aromatic rings. The van der Waals surface area contributed by atoms with Gasteiger partial charge in [-0.25, -0.2) is 4.79 Å². The average Bonchev–Trinajstić information content (AvgIpc) is 3.56. The summed E-state index contributed by atoms with van der Waals surface area (Å²) in [4.78, 5) is 26.2. The van der Waals surface area contributed by atoms with E-state index in [4.69, 9.17) is 10.1 Å². The number of piperazine rings is 1. The number of urea groups is 1. The molecule has 0 bridgehead atoms. The predicted octanol–water partition coefficient (Wildman–Crippen LogP) is 7.07. The molecule has 1 aliphatic heterocycles. The van der Waals surface area contributed by atoms with Crippen LogP contribution in [0.1, 0.15) is 23.2 Å². The van der Waals surface area contributed by atoms with Crippen LogP contribution in [0.4, 0.5) is 10.5 Å². The van der Waals surface area contributed by atoms with Crippen molar-refractivity contribution < 1.29 is 4.79 Å². The smallest absolute Gasteiger partial charge is 0.319 e. The van der Waals surface area contributed by atoms with Crippen LogP contribution in [0.15, 0.2) is 122 Å². The van der Waals surface area contributed by atoms with Gasteiger partial charge in [-0.2, -0.15) is 5.10 Å². The molecule has 1 fully saturated rings. The molecule has 0 spiro atoms. The highest BCUT2D eigenvalue weighted by Crippen LogP contribution is 2.45. The molecule has 0 N–H and O–H groups in total. The Labute approximate surface area is 295 Å². The first-order valence-corrected chi connectivity index (χ1v) is 17.7. The summed E-state index contributed by atoms with van der Waals surface area (Å²) in [6.45, 7) is 6.59. The van der Waals surface area contributed by atoms with E-state index in [1.165, 1.54) is 11.1 Å². The fourth-order valence-electron chi connectivity index (χ4n) is 7.63. The molecule has 1 unspecified atom stereocenters. The van der Waals surface area contributed by atoms with Crippen molar-refractivity contribution in [3.05, 3.63) is 138 Å². The second-order valence-electron chi connectivity index (χ2n) is 13.8. The summed E-state index contributed by atoms with van der Waals surface area (Å²) in [5.74, 6) is 0.162. The molecular weight excluding hydrogens is 619 g/mol. The number of pyridine rings is 1. The number of benzene rings is 3. The third-order valence-electron chi connectivity index (χ3n) is 10.3. The molecule has 2 amide bonds. The minimum atomic E-state index is -0.548. The fraction of sp³-hybridized carbons (Fsp3) is 0.310. The number of rotatable bonds is 9. The highest BCUT2D eigenvalue weighted by molar-refractivity contribution is 5.95. The van der Waals surface area contributed by atoms with Gasteiger partial charge in [-0.3, -0.25) is 9.67 Å². The number of amides is 2. The monoisotopic (exact) mass is 665 g/mol. The van der Waals surface area contributed by atoms with Crippen LogP contribution in [0.2, 0.25) is 0 Å². The summed E-state index contributed by atoms with van der Waals surface area (Å²) >= 11 is 0. The number of anilines is 1. The topological polar surface area (TPSA) is 60.7 Å². The Balaban J connectivity index is 1.24. The minimum Gasteiger partial charge on any atom is -0.367 e. The molecule has 1 atom stereocenters. The number of carbonyl (C=O) groups excluding carboxylic acids is 1. The van der Waals surface area contributed by atoms with E-state index in [2.05, 4.69) is 137 Å². The normalized spacial score (nSPS) is 16.4. The van der Waals surface area contributed by atoms with Gasteiger partial charge in [0, 0.05) is 81.3 Å². The minimum absolute atomic E-state index is 0.0997. The molecule has 2 aromatic heterocycles. The van der Waals surface area contributed by atoms with Crippen molar-refractivity contribution >= 4 is 22.6 Å². The third-order valence-corrected chi connectivity index (χ3v) is 10.3. The number of likely N-dealkylation sites (N-methyl/N-ethyl adjacent to an activating group) is 2. The summed E-state index contributed by atoms with van der Waals surface area (Å²) in [6.07, 6.45) is 14.0. The van der Waals surface area contributed by atoms with Crippen LogP contribution in [-0.2, 0) is 5.54 Å². The summed E-state index contributed by atoms with van der Waals surface area (Å²) in [6, 6.07) is 30.4. The van der Waals surface area contributed by atoms with E-state index in [1.807, 2.05) is 37.1 Å². The summed E-state index contributed by atoms with van der Waals surface area (Å²) in [7, 11) is 5.96. The SMILES string of the molecule is Cc1nn(C(c2ccccc2)(c2ccccc2)C2C=CC=CC2)cc1-c1ccc2nccc(N3CCN(C(=O)N(C)CCN(C)C)CC3)c2c1. The zero-order valence-corrected chi connectivity index (χ0v) is 29.6. The summed E-state index contributed by atoms with van der Waals surface area (Å²) < 4.78 is 2.22. The number of aromatic nitrogens is 3. The number of carbonyl (C=O) groups is 1. The van der Waals surface area contributed by atoms with E-state index in [1.54, 1.807) is 0 Å². The van der Waals surface area contributed by atoms with Gasteiger partial charge in [0.05, 0.1) is 11.2 Å². The average molecular weight is 666 g/mol. The Morgan fingerprint density at radius 2 is 1.56 bits per heavy atom. The molecule has 8 heteroatoms. The Bertz CT molecular complexity index is 1950. The Morgan fingerprint density at radius 3 is 2.20 bits per heavy atom. The Hall–Kier alpha value is -5.21. The van der Waals surface area contributed by atoms with Gasteiger partial charge in [0.25, 0.3) is 0 Å². The quantitative estimate of drug-likeness (QED) is 0.169. The van der Waals surface area contributed by atoms with Crippen molar-refractivity contribution in [2.24, 2.45) is 5.92 Å².